The molecular formula is C11H15N3O. The summed E-state index contributed by atoms with van der Waals surface area (Å²) < 4.78 is 5.28. The Kier molecular flexibility index (Phi) is 3.19. The number of H-pyrrole nitrogens is 1. The van der Waals surface area contributed by atoms with E-state index in [0.717, 1.165) is 25.3 Å². The third-order valence-electron chi connectivity index (χ3n) is 2.32. The highest BCUT2D eigenvalue weighted by atomic mass is 16.3. The number of nitrogens with zero attached hydrogens (tertiary/aromatic N) is 2. The number of likely N-dealkylation sites (N-methyl/N-ethyl adjacent to an activating group) is 1. The average molecular weight is 205 g/mol. The zero-order valence-electron chi connectivity index (χ0n) is 8.81. The molecule has 0 saturated carbocycles. The Morgan fingerprint density at radius 2 is 2.47 bits per heavy atom. The molecule has 0 fully saturated rings. The SMILES string of the molecule is CN(CCc1cnc[nH]1)Cc1ccco1. The summed E-state index contributed by atoms with van der Waals surface area (Å²) in [4.78, 5) is 9.30. The number of aromatic nitrogens is 2. The van der Waals surface area contributed by atoms with E-state index in [1.165, 1.54) is 5.69 Å². The van der Waals surface area contributed by atoms with Gasteiger partial charge in [-0.3, -0.25) is 4.90 Å². The molecule has 0 unspecified atom stereocenters. The quantitative estimate of drug-likeness (QED) is 0.807. The summed E-state index contributed by atoms with van der Waals surface area (Å²) in [6.45, 7) is 1.84. The van der Waals surface area contributed by atoms with E-state index < -0.39 is 0 Å². The fraction of sp³-hybridized carbons (Fsp3) is 0.364. The maximum atomic E-state index is 5.28. The monoisotopic (exact) mass is 205 g/mol. The van der Waals surface area contributed by atoms with Crippen molar-refractivity contribution in [1.29, 1.82) is 0 Å². The van der Waals surface area contributed by atoms with Gasteiger partial charge in [0.1, 0.15) is 5.76 Å². The van der Waals surface area contributed by atoms with Crippen molar-refractivity contribution >= 4 is 0 Å². The van der Waals surface area contributed by atoms with Gasteiger partial charge in [0.2, 0.25) is 0 Å². The van der Waals surface area contributed by atoms with E-state index in [9.17, 15) is 0 Å². The molecule has 0 bridgehead atoms. The van der Waals surface area contributed by atoms with Crippen LogP contribution in [-0.2, 0) is 13.0 Å². The lowest BCUT2D eigenvalue weighted by molar-refractivity contribution is 0.297. The molecular weight excluding hydrogens is 190 g/mol. The smallest absolute Gasteiger partial charge is 0.117 e. The summed E-state index contributed by atoms with van der Waals surface area (Å²) in [5.41, 5.74) is 1.17. The summed E-state index contributed by atoms with van der Waals surface area (Å²) in [6.07, 6.45) is 6.26. The van der Waals surface area contributed by atoms with Gasteiger partial charge in [-0.1, -0.05) is 0 Å². The number of furan rings is 1. The van der Waals surface area contributed by atoms with Crippen LogP contribution in [0.4, 0.5) is 0 Å². The lowest BCUT2D eigenvalue weighted by atomic mass is 10.3. The van der Waals surface area contributed by atoms with Gasteiger partial charge in [-0.15, -0.1) is 0 Å². The second-order valence-electron chi connectivity index (χ2n) is 3.64. The molecule has 0 radical (unpaired) electrons. The molecule has 2 aromatic heterocycles. The molecule has 4 heteroatoms. The first-order valence-corrected chi connectivity index (χ1v) is 5.03. The number of nitrogens with one attached hydrogen (secondary N) is 1. The van der Waals surface area contributed by atoms with E-state index in [1.54, 1.807) is 12.6 Å². The fourth-order valence-electron chi connectivity index (χ4n) is 1.48. The number of rotatable bonds is 5. The minimum atomic E-state index is 0.848. The highest BCUT2D eigenvalue weighted by molar-refractivity contribution is 4.98. The van der Waals surface area contributed by atoms with Gasteiger partial charge in [0.05, 0.1) is 19.1 Å². The van der Waals surface area contributed by atoms with Crippen LogP contribution in [0, 0.1) is 0 Å². The normalized spacial score (nSPS) is 11.1. The van der Waals surface area contributed by atoms with Crippen LogP contribution in [0.2, 0.25) is 0 Å². The van der Waals surface area contributed by atoms with Crippen LogP contribution >= 0.6 is 0 Å². The van der Waals surface area contributed by atoms with Crippen molar-refractivity contribution in [2.24, 2.45) is 0 Å². The Hall–Kier alpha value is -1.55. The highest BCUT2D eigenvalue weighted by Crippen LogP contribution is 2.04. The van der Waals surface area contributed by atoms with E-state index in [4.69, 9.17) is 4.42 Å². The summed E-state index contributed by atoms with van der Waals surface area (Å²) in [6, 6.07) is 3.91. The molecule has 0 aliphatic carbocycles. The van der Waals surface area contributed by atoms with E-state index in [1.807, 2.05) is 18.3 Å². The number of imidazole rings is 1. The van der Waals surface area contributed by atoms with Crippen LogP contribution in [0.3, 0.4) is 0 Å². The lowest BCUT2D eigenvalue weighted by Crippen LogP contribution is -2.20. The van der Waals surface area contributed by atoms with Crippen molar-refractivity contribution in [3.05, 3.63) is 42.4 Å². The third-order valence-corrected chi connectivity index (χ3v) is 2.32. The second-order valence-corrected chi connectivity index (χ2v) is 3.64. The predicted octanol–water partition coefficient (Wildman–Crippen LogP) is 1.68. The Bertz CT molecular complexity index is 366. The van der Waals surface area contributed by atoms with Crippen LogP contribution < -0.4 is 0 Å². The molecule has 80 valence electrons. The van der Waals surface area contributed by atoms with E-state index >= 15 is 0 Å². The molecule has 15 heavy (non-hydrogen) atoms. The molecule has 2 heterocycles. The van der Waals surface area contributed by atoms with Gasteiger partial charge in [-0.2, -0.15) is 0 Å². The van der Waals surface area contributed by atoms with E-state index in [-0.39, 0.29) is 0 Å². The Balaban J connectivity index is 1.76. The standard InChI is InChI=1S/C11H15N3O/c1-14(8-11-3-2-6-15-11)5-4-10-7-12-9-13-10/h2-3,6-7,9H,4-5,8H2,1H3,(H,12,13). The average Bonchev–Trinajstić information content (AvgIpc) is 2.86. The molecule has 2 rings (SSSR count). The molecule has 2 aromatic rings. The summed E-state index contributed by atoms with van der Waals surface area (Å²) >= 11 is 0. The molecule has 0 spiro atoms. The highest BCUT2D eigenvalue weighted by Gasteiger charge is 2.03. The zero-order chi connectivity index (χ0) is 10.5. The van der Waals surface area contributed by atoms with Crippen LogP contribution in [0.15, 0.2) is 35.3 Å². The van der Waals surface area contributed by atoms with Crippen LogP contribution in [-0.4, -0.2) is 28.5 Å². The van der Waals surface area contributed by atoms with Crippen LogP contribution in [0.1, 0.15) is 11.5 Å². The van der Waals surface area contributed by atoms with Crippen molar-refractivity contribution in [2.75, 3.05) is 13.6 Å². The molecule has 0 saturated heterocycles. The molecule has 0 aliphatic heterocycles. The first-order chi connectivity index (χ1) is 7.34. The largest absolute Gasteiger partial charge is 0.468 e. The van der Waals surface area contributed by atoms with Crippen molar-refractivity contribution in [2.45, 2.75) is 13.0 Å². The molecule has 0 atom stereocenters. The van der Waals surface area contributed by atoms with Gasteiger partial charge in [0.15, 0.2) is 0 Å². The molecule has 0 aromatic carbocycles. The van der Waals surface area contributed by atoms with Gasteiger partial charge in [0, 0.05) is 24.9 Å². The van der Waals surface area contributed by atoms with Crippen molar-refractivity contribution < 1.29 is 4.42 Å². The predicted molar refractivity (Wildman–Crippen MR) is 57.3 cm³/mol. The summed E-state index contributed by atoms with van der Waals surface area (Å²) in [5, 5.41) is 0. The molecule has 1 N–H and O–H groups in total. The van der Waals surface area contributed by atoms with Crippen LogP contribution in [0.5, 0.6) is 0 Å². The minimum absolute atomic E-state index is 0.848. The fourth-order valence-corrected chi connectivity index (χ4v) is 1.48. The lowest BCUT2D eigenvalue weighted by Gasteiger charge is -2.13. The van der Waals surface area contributed by atoms with Gasteiger partial charge >= 0.3 is 0 Å². The van der Waals surface area contributed by atoms with Gasteiger partial charge in [-0.05, 0) is 19.2 Å². The topological polar surface area (TPSA) is 45.1 Å². The number of hydrogen-bond donors (Lipinski definition) is 1. The third kappa shape index (κ3) is 2.95. The van der Waals surface area contributed by atoms with Gasteiger partial charge < -0.3 is 9.40 Å². The first kappa shape index (κ1) is 9.98. The van der Waals surface area contributed by atoms with Crippen LogP contribution in [0.25, 0.3) is 0 Å². The molecule has 0 amide bonds. The van der Waals surface area contributed by atoms with Gasteiger partial charge in [-0.25, -0.2) is 4.98 Å². The maximum Gasteiger partial charge on any atom is 0.117 e. The first-order valence-electron chi connectivity index (χ1n) is 5.03. The van der Waals surface area contributed by atoms with Crippen molar-refractivity contribution in [3.8, 4) is 0 Å². The van der Waals surface area contributed by atoms with E-state index in [2.05, 4.69) is 21.9 Å². The maximum absolute atomic E-state index is 5.28. The number of hydrogen-bond acceptors (Lipinski definition) is 3. The molecule has 4 nitrogen and oxygen atoms in total. The minimum Gasteiger partial charge on any atom is -0.468 e. The molecule has 0 aliphatic rings. The van der Waals surface area contributed by atoms with E-state index in [0.29, 0.717) is 0 Å². The van der Waals surface area contributed by atoms with Crippen molar-refractivity contribution in [1.82, 2.24) is 14.9 Å². The second kappa shape index (κ2) is 4.79. The summed E-state index contributed by atoms with van der Waals surface area (Å²) in [5.74, 6) is 1.00. The van der Waals surface area contributed by atoms with Crippen molar-refractivity contribution in [3.63, 3.8) is 0 Å². The Labute approximate surface area is 88.9 Å². The Morgan fingerprint density at radius 3 is 3.13 bits per heavy atom. The van der Waals surface area contributed by atoms with Gasteiger partial charge in [0.25, 0.3) is 0 Å². The summed E-state index contributed by atoms with van der Waals surface area (Å²) in [7, 11) is 2.08. The zero-order valence-corrected chi connectivity index (χ0v) is 8.81. The number of aromatic amines is 1. The Morgan fingerprint density at radius 1 is 1.53 bits per heavy atom.